The molecule has 3 nitrogen and oxygen atoms in total. The lowest BCUT2D eigenvalue weighted by Gasteiger charge is -2.36. The monoisotopic (exact) mass is 506 g/mol. The van der Waals surface area contributed by atoms with Crippen LogP contribution in [0.1, 0.15) is 105 Å². The van der Waals surface area contributed by atoms with Gasteiger partial charge in [-0.3, -0.25) is 4.79 Å². The van der Waals surface area contributed by atoms with Gasteiger partial charge in [-0.1, -0.05) is 51.5 Å². The minimum atomic E-state index is -1.71. The summed E-state index contributed by atoms with van der Waals surface area (Å²) in [4.78, 5) is 11.2. The summed E-state index contributed by atoms with van der Waals surface area (Å²) >= 11 is 0. The first kappa shape index (κ1) is 30.0. The number of hydrogen-bond donors (Lipinski definition) is 0. The molecule has 2 saturated carbocycles. The molecule has 35 heavy (non-hydrogen) atoms. The van der Waals surface area contributed by atoms with E-state index in [1.807, 2.05) is 0 Å². The molecule has 0 aromatic heterocycles. The minimum Gasteiger partial charge on any atom is -0.463 e. The standard InChI is InChI=1S/C30H51FO3Si/c1-24(32)34-27-19-14-16-25(23-27)15-8-7-9-17-26-18-10-11-20-28(26)29(31)21-12-13-22-33-35(5,6)30(2,3)4/h7-9,17,25-27H,10-16,18-23H2,1-6H3/b8-7+,17-9+,29-28?/t25-,26+,27+/m0/s1. The third kappa shape index (κ3) is 10.7. The van der Waals surface area contributed by atoms with Crippen LogP contribution in [0, 0.1) is 11.8 Å². The van der Waals surface area contributed by atoms with Crippen molar-refractivity contribution in [2.75, 3.05) is 6.61 Å². The average molecular weight is 507 g/mol. The normalized spacial score (nSPS) is 25.9. The zero-order chi connectivity index (χ0) is 25.9. The van der Waals surface area contributed by atoms with Gasteiger partial charge in [-0.2, -0.15) is 0 Å². The first-order chi connectivity index (χ1) is 16.5. The van der Waals surface area contributed by atoms with Crippen molar-refractivity contribution in [3.63, 3.8) is 0 Å². The summed E-state index contributed by atoms with van der Waals surface area (Å²) in [6, 6.07) is 0. The zero-order valence-corrected chi connectivity index (χ0v) is 24.3. The van der Waals surface area contributed by atoms with E-state index in [4.69, 9.17) is 9.16 Å². The van der Waals surface area contributed by atoms with Gasteiger partial charge >= 0.3 is 5.97 Å². The molecule has 2 aliphatic carbocycles. The zero-order valence-electron chi connectivity index (χ0n) is 23.3. The maximum Gasteiger partial charge on any atom is 0.302 e. The fraction of sp³-hybridized carbons (Fsp3) is 0.767. The number of hydrogen-bond acceptors (Lipinski definition) is 3. The molecule has 0 heterocycles. The number of ether oxygens (including phenoxy) is 1. The van der Waals surface area contributed by atoms with E-state index in [0.717, 1.165) is 70.0 Å². The highest BCUT2D eigenvalue weighted by Gasteiger charge is 2.36. The van der Waals surface area contributed by atoms with Gasteiger partial charge in [0.1, 0.15) is 6.10 Å². The molecule has 0 aromatic rings. The van der Waals surface area contributed by atoms with Crippen LogP contribution in [0.3, 0.4) is 0 Å². The maximum absolute atomic E-state index is 15.1. The van der Waals surface area contributed by atoms with Gasteiger partial charge in [0.25, 0.3) is 0 Å². The SMILES string of the molecule is CC(=O)O[C@@H]1CCC[C@H](C/C=C/C=C/[C@@H]2CCCCC2=C(F)CCCCO[Si](C)(C)C(C)(C)C)C1. The topological polar surface area (TPSA) is 35.5 Å². The lowest BCUT2D eigenvalue weighted by molar-refractivity contribution is -0.148. The van der Waals surface area contributed by atoms with Crippen molar-refractivity contribution in [2.45, 2.75) is 129 Å². The Kier molecular flexibility index (Phi) is 12.5. The van der Waals surface area contributed by atoms with Crippen LogP contribution >= 0.6 is 0 Å². The second kappa shape index (κ2) is 14.5. The van der Waals surface area contributed by atoms with Gasteiger partial charge in [0.2, 0.25) is 0 Å². The molecule has 3 atom stereocenters. The van der Waals surface area contributed by atoms with Gasteiger partial charge in [0, 0.05) is 19.4 Å². The molecule has 0 amide bonds. The summed E-state index contributed by atoms with van der Waals surface area (Å²) in [6.45, 7) is 13.6. The minimum absolute atomic E-state index is 0.0896. The maximum atomic E-state index is 15.1. The number of esters is 1. The fourth-order valence-corrected chi connectivity index (χ4v) is 6.11. The quantitative estimate of drug-likeness (QED) is 0.121. The number of carbonyl (C=O) groups is 1. The Balaban J connectivity index is 1.78. The Morgan fingerprint density at radius 1 is 1.09 bits per heavy atom. The van der Waals surface area contributed by atoms with Crippen LogP contribution in [0.2, 0.25) is 18.1 Å². The smallest absolute Gasteiger partial charge is 0.302 e. The number of carbonyl (C=O) groups excluding carboxylic acids is 1. The van der Waals surface area contributed by atoms with E-state index >= 15 is 4.39 Å². The number of unbranched alkanes of at least 4 members (excludes halogenated alkanes) is 1. The van der Waals surface area contributed by atoms with Gasteiger partial charge < -0.3 is 9.16 Å². The second-order valence-corrected chi connectivity index (χ2v) is 17.0. The molecule has 0 saturated heterocycles. The molecule has 0 aromatic carbocycles. The van der Waals surface area contributed by atoms with Crippen LogP contribution in [0.5, 0.6) is 0 Å². The lowest BCUT2D eigenvalue weighted by atomic mass is 9.82. The average Bonchev–Trinajstić information content (AvgIpc) is 2.78. The van der Waals surface area contributed by atoms with Gasteiger partial charge in [-0.05, 0) is 100 Å². The predicted octanol–water partition coefficient (Wildman–Crippen LogP) is 9.22. The molecule has 200 valence electrons. The van der Waals surface area contributed by atoms with E-state index < -0.39 is 8.32 Å². The van der Waals surface area contributed by atoms with Crippen LogP contribution in [-0.2, 0) is 14.0 Å². The largest absolute Gasteiger partial charge is 0.463 e. The molecule has 2 aliphatic rings. The van der Waals surface area contributed by atoms with Gasteiger partial charge in [0.15, 0.2) is 8.32 Å². The van der Waals surface area contributed by atoms with Crippen LogP contribution in [0.15, 0.2) is 35.7 Å². The fourth-order valence-electron chi connectivity index (χ4n) is 5.02. The van der Waals surface area contributed by atoms with Crippen molar-refractivity contribution < 1.29 is 18.3 Å². The highest BCUT2D eigenvalue weighted by molar-refractivity contribution is 6.74. The van der Waals surface area contributed by atoms with E-state index in [2.05, 4.69) is 58.2 Å². The Morgan fingerprint density at radius 2 is 1.86 bits per heavy atom. The number of rotatable bonds is 11. The van der Waals surface area contributed by atoms with Gasteiger partial charge in [0.05, 0.1) is 5.83 Å². The molecule has 2 rings (SSSR count). The van der Waals surface area contributed by atoms with Crippen molar-refractivity contribution in [1.29, 1.82) is 0 Å². The summed E-state index contributed by atoms with van der Waals surface area (Å²) in [5.41, 5.74) is 1.03. The van der Waals surface area contributed by atoms with E-state index in [9.17, 15) is 4.79 Å². The number of halogens is 1. The van der Waals surface area contributed by atoms with Crippen LogP contribution in [0.25, 0.3) is 0 Å². The molecule has 0 radical (unpaired) electrons. The first-order valence-electron chi connectivity index (χ1n) is 14.0. The summed E-state index contributed by atoms with van der Waals surface area (Å²) in [7, 11) is -1.71. The third-order valence-corrected chi connectivity index (χ3v) is 12.7. The Hall–Kier alpha value is -1.20. The highest BCUT2D eigenvalue weighted by atomic mass is 28.4. The van der Waals surface area contributed by atoms with Crippen molar-refractivity contribution in [2.24, 2.45) is 11.8 Å². The molecule has 0 spiro atoms. The van der Waals surface area contributed by atoms with Crippen molar-refractivity contribution in [3.05, 3.63) is 35.7 Å². The molecule has 0 unspecified atom stereocenters. The third-order valence-electron chi connectivity index (χ3n) is 8.19. The molecular formula is C30H51FO3Si. The van der Waals surface area contributed by atoms with E-state index in [-0.39, 0.29) is 28.9 Å². The molecule has 0 aliphatic heterocycles. The van der Waals surface area contributed by atoms with Crippen LogP contribution in [-0.4, -0.2) is 27.0 Å². The van der Waals surface area contributed by atoms with Crippen molar-refractivity contribution in [1.82, 2.24) is 0 Å². The molecular weight excluding hydrogens is 455 g/mol. The van der Waals surface area contributed by atoms with Crippen molar-refractivity contribution in [3.8, 4) is 0 Å². The van der Waals surface area contributed by atoms with Gasteiger partial charge in [-0.25, -0.2) is 4.39 Å². The van der Waals surface area contributed by atoms with E-state index in [1.165, 1.54) is 19.8 Å². The van der Waals surface area contributed by atoms with Crippen molar-refractivity contribution >= 4 is 14.3 Å². The molecule has 0 bridgehead atoms. The Morgan fingerprint density at radius 3 is 2.57 bits per heavy atom. The van der Waals surface area contributed by atoms with Crippen LogP contribution < -0.4 is 0 Å². The second-order valence-electron chi connectivity index (χ2n) is 12.2. The Bertz CT molecular complexity index is 747. The predicted molar refractivity (Wildman–Crippen MR) is 148 cm³/mol. The first-order valence-corrected chi connectivity index (χ1v) is 16.9. The van der Waals surface area contributed by atoms with Gasteiger partial charge in [-0.15, -0.1) is 0 Å². The summed E-state index contributed by atoms with van der Waals surface area (Å²) in [5.74, 6) is 0.771. The lowest BCUT2D eigenvalue weighted by Crippen LogP contribution is -2.40. The van der Waals surface area contributed by atoms with Crippen LogP contribution in [0.4, 0.5) is 4.39 Å². The molecule has 5 heteroatoms. The highest BCUT2D eigenvalue weighted by Crippen LogP contribution is 2.37. The Labute approximate surface area is 215 Å². The number of allylic oxidation sites excluding steroid dienone is 6. The van der Waals surface area contributed by atoms with E-state index in [1.54, 1.807) is 0 Å². The summed E-state index contributed by atoms with van der Waals surface area (Å²) in [5, 5.41) is 0.221. The summed E-state index contributed by atoms with van der Waals surface area (Å²) in [6.07, 6.45) is 20.6. The molecule has 0 N–H and O–H groups in total. The molecule has 2 fully saturated rings. The van der Waals surface area contributed by atoms with E-state index in [0.29, 0.717) is 12.3 Å². The summed E-state index contributed by atoms with van der Waals surface area (Å²) < 4.78 is 26.7.